The standard InChI is InChI=1S/C12H22N2O/c1-11(2)10-14-8-5-12(15,6-9-14)4-3-7-13/h11,15H,3-6,8-10H2,1-2H3. The second kappa shape index (κ2) is 5.48. The van der Waals surface area contributed by atoms with Gasteiger partial charge in [0.1, 0.15) is 0 Å². The maximum absolute atomic E-state index is 10.2. The summed E-state index contributed by atoms with van der Waals surface area (Å²) in [5.74, 6) is 0.690. The quantitative estimate of drug-likeness (QED) is 0.769. The van der Waals surface area contributed by atoms with Crippen LogP contribution in [-0.4, -0.2) is 35.2 Å². The van der Waals surface area contributed by atoms with Crippen molar-refractivity contribution in [3.63, 3.8) is 0 Å². The Morgan fingerprint density at radius 2 is 2.00 bits per heavy atom. The van der Waals surface area contributed by atoms with Crippen molar-refractivity contribution in [2.75, 3.05) is 19.6 Å². The third kappa shape index (κ3) is 4.19. The Kier molecular flexibility index (Phi) is 4.56. The van der Waals surface area contributed by atoms with Gasteiger partial charge in [0.25, 0.3) is 0 Å². The van der Waals surface area contributed by atoms with Crippen LogP contribution < -0.4 is 0 Å². The molecule has 0 saturated carbocycles. The fourth-order valence-corrected chi connectivity index (χ4v) is 2.21. The number of hydrogen-bond acceptors (Lipinski definition) is 3. The third-order valence-corrected chi connectivity index (χ3v) is 3.11. The maximum Gasteiger partial charge on any atom is 0.0682 e. The van der Waals surface area contributed by atoms with Crippen LogP contribution in [0, 0.1) is 17.2 Å². The van der Waals surface area contributed by atoms with E-state index < -0.39 is 5.60 Å². The first kappa shape index (κ1) is 12.5. The van der Waals surface area contributed by atoms with Gasteiger partial charge in [0, 0.05) is 26.1 Å². The molecule has 3 nitrogen and oxygen atoms in total. The predicted molar refractivity (Wildman–Crippen MR) is 60.3 cm³/mol. The van der Waals surface area contributed by atoms with E-state index in [4.69, 9.17) is 5.26 Å². The van der Waals surface area contributed by atoms with Crippen molar-refractivity contribution in [3.8, 4) is 6.07 Å². The summed E-state index contributed by atoms with van der Waals surface area (Å²) in [6, 6.07) is 2.11. The van der Waals surface area contributed by atoms with Gasteiger partial charge in [0.05, 0.1) is 11.7 Å². The molecule has 15 heavy (non-hydrogen) atoms. The van der Waals surface area contributed by atoms with Crippen molar-refractivity contribution in [2.24, 2.45) is 5.92 Å². The van der Waals surface area contributed by atoms with Gasteiger partial charge >= 0.3 is 0 Å². The van der Waals surface area contributed by atoms with Crippen molar-refractivity contribution in [2.45, 2.75) is 45.1 Å². The summed E-state index contributed by atoms with van der Waals surface area (Å²) >= 11 is 0. The highest BCUT2D eigenvalue weighted by Gasteiger charge is 2.31. The molecule has 0 aromatic carbocycles. The van der Waals surface area contributed by atoms with E-state index in [2.05, 4.69) is 24.8 Å². The number of nitriles is 1. The van der Waals surface area contributed by atoms with Crippen LogP contribution >= 0.6 is 0 Å². The zero-order valence-electron chi connectivity index (χ0n) is 9.87. The second-order valence-electron chi connectivity index (χ2n) is 5.08. The monoisotopic (exact) mass is 210 g/mol. The summed E-state index contributed by atoms with van der Waals surface area (Å²) in [5, 5.41) is 18.7. The Morgan fingerprint density at radius 3 is 2.47 bits per heavy atom. The molecular weight excluding hydrogens is 188 g/mol. The summed E-state index contributed by atoms with van der Waals surface area (Å²) in [6.45, 7) is 7.50. The second-order valence-corrected chi connectivity index (χ2v) is 5.08. The Labute approximate surface area is 92.7 Å². The molecule has 86 valence electrons. The van der Waals surface area contributed by atoms with Gasteiger partial charge in [0.15, 0.2) is 0 Å². The van der Waals surface area contributed by atoms with Gasteiger partial charge in [-0.25, -0.2) is 0 Å². The normalized spacial score (nSPS) is 21.5. The number of rotatable bonds is 4. The molecule has 0 atom stereocenters. The molecule has 0 bridgehead atoms. The van der Waals surface area contributed by atoms with E-state index in [1.807, 2.05) is 0 Å². The molecule has 1 heterocycles. The SMILES string of the molecule is CC(C)CN1CCC(O)(CCC#N)CC1. The molecule has 0 amide bonds. The van der Waals surface area contributed by atoms with E-state index in [1.54, 1.807) is 0 Å². The first-order chi connectivity index (χ1) is 7.06. The van der Waals surface area contributed by atoms with Gasteiger partial charge in [-0.15, -0.1) is 0 Å². The van der Waals surface area contributed by atoms with Gasteiger partial charge in [-0.3, -0.25) is 0 Å². The zero-order chi connectivity index (χ0) is 11.3. The Bertz CT molecular complexity index is 224. The summed E-state index contributed by atoms with van der Waals surface area (Å²) < 4.78 is 0. The summed E-state index contributed by atoms with van der Waals surface area (Å²) in [4.78, 5) is 2.41. The van der Waals surface area contributed by atoms with Crippen LogP contribution in [0.4, 0.5) is 0 Å². The minimum Gasteiger partial charge on any atom is -0.390 e. The average molecular weight is 210 g/mol. The number of nitrogens with zero attached hydrogens (tertiary/aromatic N) is 2. The van der Waals surface area contributed by atoms with Crippen LogP contribution in [0.1, 0.15) is 39.5 Å². The number of hydrogen-bond donors (Lipinski definition) is 1. The summed E-state index contributed by atoms with van der Waals surface area (Å²) in [5.41, 5.74) is -0.566. The van der Waals surface area contributed by atoms with Crippen LogP contribution in [0.2, 0.25) is 0 Å². The van der Waals surface area contributed by atoms with Crippen molar-refractivity contribution >= 4 is 0 Å². The molecule has 0 aromatic rings. The van der Waals surface area contributed by atoms with E-state index in [9.17, 15) is 5.11 Å². The minimum absolute atomic E-state index is 0.473. The predicted octanol–water partition coefficient (Wildman–Crippen LogP) is 1.77. The van der Waals surface area contributed by atoms with Crippen LogP contribution in [0.5, 0.6) is 0 Å². The number of piperidine rings is 1. The lowest BCUT2D eigenvalue weighted by atomic mass is 9.87. The highest BCUT2D eigenvalue weighted by molar-refractivity contribution is 4.88. The van der Waals surface area contributed by atoms with Gasteiger partial charge in [0.2, 0.25) is 0 Å². The molecular formula is C12H22N2O. The lowest BCUT2D eigenvalue weighted by Gasteiger charge is -2.38. The maximum atomic E-state index is 10.2. The number of likely N-dealkylation sites (tertiary alicyclic amines) is 1. The van der Waals surface area contributed by atoms with Crippen LogP contribution in [0.25, 0.3) is 0 Å². The van der Waals surface area contributed by atoms with Gasteiger partial charge < -0.3 is 10.0 Å². The highest BCUT2D eigenvalue weighted by atomic mass is 16.3. The molecule has 0 radical (unpaired) electrons. The molecule has 1 fully saturated rings. The first-order valence-electron chi connectivity index (χ1n) is 5.87. The zero-order valence-corrected chi connectivity index (χ0v) is 9.87. The highest BCUT2D eigenvalue weighted by Crippen LogP contribution is 2.26. The Hall–Kier alpha value is -0.590. The lowest BCUT2D eigenvalue weighted by molar-refractivity contribution is -0.0284. The van der Waals surface area contributed by atoms with Gasteiger partial charge in [-0.2, -0.15) is 5.26 Å². The largest absolute Gasteiger partial charge is 0.390 e. The molecule has 1 N–H and O–H groups in total. The van der Waals surface area contributed by atoms with Crippen molar-refractivity contribution in [3.05, 3.63) is 0 Å². The lowest BCUT2D eigenvalue weighted by Crippen LogP contribution is -2.45. The van der Waals surface area contributed by atoms with Crippen LogP contribution in [0.15, 0.2) is 0 Å². The molecule has 0 aliphatic carbocycles. The Balaban J connectivity index is 2.31. The van der Waals surface area contributed by atoms with E-state index in [-0.39, 0.29) is 0 Å². The molecule has 1 rings (SSSR count). The van der Waals surface area contributed by atoms with Crippen LogP contribution in [0.3, 0.4) is 0 Å². The Morgan fingerprint density at radius 1 is 1.40 bits per heavy atom. The van der Waals surface area contributed by atoms with E-state index in [0.29, 0.717) is 18.8 Å². The minimum atomic E-state index is -0.566. The van der Waals surface area contributed by atoms with Gasteiger partial charge in [-0.05, 0) is 25.2 Å². The molecule has 1 saturated heterocycles. The van der Waals surface area contributed by atoms with E-state index in [0.717, 1.165) is 32.5 Å². The average Bonchev–Trinajstić information content (AvgIpc) is 2.19. The van der Waals surface area contributed by atoms with E-state index >= 15 is 0 Å². The smallest absolute Gasteiger partial charge is 0.0682 e. The van der Waals surface area contributed by atoms with Gasteiger partial charge in [-0.1, -0.05) is 13.8 Å². The molecule has 3 heteroatoms. The van der Waals surface area contributed by atoms with Crippen molar-refractivity contribution in [1.29, 1.82) is 5.26 Å². The third-order valence-electron chi connectivity index (χ3n) is 3.11. The van der Waals surface area contributed by atoms with Crippen molar-refractivity contribution in [1.82, 2.24) is 4.90 Å². The topological polar surface area (TPSA) is 47.3 Å². The fourth-order valence-electron chi connectivity index (χ4n) is 2.21. The molecule has 0 spiro atoms. The van der Waals surface area contributed by atoms with E-state index in [1.165, 1.54) is 0 Å². The molecule has 1 aliphatic heterocycles. The molecule has 0 aromatic heterocycles. The molecule has 0 unspecified atom stereocenters. The summed E-state index contributed by atoms with van der Waals surface area (Å²) in [7, 11) is 0. The first-order valence-corrected chi connectivity index (χ1v) is 5.87. The summed E-state index contributed by atoms with van der Waals surface area (Å²) in [6.07, 6.45) is 2.75. The van der Waals surface area contributed by atoms with Crippen LogP contribution in [-0.2, 0) is 0 Å². The van der Waals surface area contributed by atoms with Crippen molar-refractivity contribution < 1.29 is 5.11 Å². The number of aliphatic hydroxyl groups is 1. The molecule has 1 aliphatic rings. The fraction of sp³-hybridized carbons (Fsp3) is 0.917.